The van der Waals surface area contributed by atoms with Crippen molar-refractivity contribution in [1.29, 1.82) is 0 Å². The molecule has 0 saturated carbocycles. The third-order valence-corrected chi connectivity index (χ3v) is 4.78. The summed E-state index contributed by atoms with van der Waals surface area (Å²) in [5, 5.41) is 3.77. The van der Waals surface area contributed by atoms with Crippen LogP contribution in [0, 0.1) is 0 Å². The number of para-hydroxylation sites is 1. The predicted molar refractivity (Wildman–Crippen MR) is 120 cm³/mol. The van der Waals surface area contributed by atoms with Gasteiger partial charge >= 0.3 is 0 Å². The van der Waals surface area contributed by atoms with Gasteiger partial charge in [-0.05, 0) is 36.4 Å². The van der Waals surface area contributed by atoms with E-state index < -0.39 is 0 Å². The minimum absolute atomic E-state index is 0.254. The van der Waals surface area contributed by atoms with Gasteiger partial charge in [-0.2, -0.15) is 0 Å². The number of amides is 1. The number of rotatable bonds is 8. The van der Waals surface area contributed by atoms with E-state index in [1.807, 2.05) is 42.5 Å². The third kappa shape index (κ3) is 4.67. The van der Waals surface area contributed by atoms with Gasteiger partial charge < -0.3 is 24.5 Å². The van der Waals surface area contributed by atoms with Crippen molar-refractivity contribution in [3.05, 3.63) is 72.4 Å². The number of ether oxygens (including phenoxy) is 3. The number of pyridine rings is 1. The summed E-state index contributed by atoms with van der Waals surface area (Å²) in [6.07, 6.45) is 1.63. The van der Waals surface area contributed by atoms with Crippen molar-refractivity contribution in [2.75, 3.05) is 32.8 Å². The van der Waals surface area contributed by atoms with Crippen molar-refractivity contribution in [2.45, 2.75) is 0 Å². The van der Waals surface area contributed by atoms with Gasteiger partial charge in [0.25, 0.3) is 5.91 Å². The number of hydrogen-bond donors (Lipinski definition) is 2. The Morgan fingerprint density at radius 1 is 1.03 bits per heavy atom. The summed E-state index contributed by atoms with van der Waals surface area (Å²) < 4.78 is 16.0. The molecule has 1 amide bonds. The van der Waals surface area contributed by atoms with Crippen molar-refractivity contribution in [2.24, 2.45) is 0 Å². The zero-order valence-electron chi connectivity index (χ0n) is 17.3. The molecule has 158 valence electrons. The molecular weight excluding hydrogens is 394 g/mol. The van der Waals surface area contributed by atoms with Crippen LogP contribution in [-0.2, 0) is 4.74 Å². The Morgan fingerprint density at radius 3 is 2.74 bits per heavy atom. The number of hydrogen-bond acceptors (Lipinski definition) is 5. The molecule has 2 aromatic heterocycles. The van der Waals surface area contributed by atoms with Gasteiger partial charge in [-0.25, -0.2) is 4.98 Å². The van der Waals surface area contributed by atoms with Gasteiger partial charge in [-0.3, -0.25) is 4.79 Å². The molecule has 2 heterocycles. The van der Waals surface area contributed by atoms with E-state index in [1.165, 1.54) is 0 Å². The minimum Gasteiger partial charge on any atom is -0.496 e. The lowest BCUT2D eigenvalue weighted by Crippen LogP contribution is -2.13. The number of methoxy groups -OCH3 is 2. The summed E-state index contributed by atoms with van der Waals surface area (Å²) in [6.45, 7) is 1.02. The Bertz CT molecular complexity index is 1200. The molecule has 7 nitrogen and oxygen atoms in total. The second kappa shape index (κ2) is 9.32. The third-order valence-electron chi connectivity index (χ3n) is 4.78. The van der Waals surface area contributed by atoms with Crippen LogP contribution in [0.15, 0.2) is 66.9 Å². The first-order valence-electron chi connectivity index (χ1n) is 9.83. The molecule has 31 heavy (non-hydrogen) atoms. The Kier molecular flexibility index (Phi) is 6.14. The normalized spacial score (nSPS) is 10.8. The smallest absolute Gasteiger partial charge is 0.259 e. The van der Waals surface area contributed by atoms with Crippen molar-refractivity contribution in [3.8, 4) is 22.8 Å². The van der Waals surface area contributed by atoms with Gasteiger partial charge in [-0.15, -0.1) is 0 Å². The highest BCUT2D eigenvalue weighted by Crippen LogP contribution is 2.28. The first kappa shape index (κ1) is 20.4. The van der Waals surface area contributed by atoms with Crippen LogP contribution in [0.2, 0.25) is 0 Å². The van der Waals surface area contributed by atoms with E-state index in [0.717, 1.165) is 28.0 Å². The molecule has 0 saturated heterocycles. The molecule has 4 aromatic rings. The molecule has 0 spiro atoms. The lowest BCUT2D eigenvalue weighted by Gasteiger charge is -2.08. The minimum atomic E-state index is -0.254. The molecule has 0 fully saturated rings. The maximum Gasteiger partial charge on any atom is 0.259 e. The largest absolute Gasteiger partial charge is 0.496 e. The number of nitrogens with one attached hydrogen (secondary N) is 2. The molecule has 2 aromatic carbocycles. The standard InChI is InChI=1S/C24H23N3O4/c1-29-10-11-31-19-7-5-6-16(13-19)21-14-17-12-18(15-25-23(17)27-21)26-24(28)20-8-3-4-9-22(20)30-2/h3-9,12-15H,10-11H2,1-2H3,(H,25,27)(H,26,28). The van der Waals surface area contributed by atoms with E-state index >= 15 is 0 Å². The first-order chi connectivity index (χ1) is 15.2. The fourth-order valence-electron chi connectivity index (χ4n) is 3.27. The van der Waals surface area contributed by atoms with Crippen molar-refractivity contribution in [1.82, 2.24) is 9.97 Å². The van der Waals surface area contributed by atoms with Crippen LogP contribution in [0.1, 0.15) is 10.4 Å². The fourth-order valence-corrected chi connectivity index (χ4v) is 3.27. The van der Waals surface area contributed by atoms with E-state index in [1.54, 1.807) is 38.6 Å². The van der Waals surface area contributed by atoms with Gasteiger partial charge in [0.05, 0.1) is 31.2 Å². The molecular formula is C24H23N3O4. The van der Waals surface area contributed by atoms with Crippen LogP contribution in [-0.4, -0.2) is 43.3 Å². The SMILES string of the molecule is COCCOc1cccc(-c2cc3cc(NC(=O)c4ccccc4OC)cnc3[nH]2)c1. The summed E-state index contributed by atoms with van der Waals surface area (Å²) in [5.41, 5.74) is 3.69. The predicted octanol–water partition coefficient (Wildman–Crippen LogP) is 4.52. The van der Waals surface area contributed by atoms with Gasteiger partial charge in [0.15, 0.2) is 0 Å². The maximum atomic E-state index is 12.7. The van der Waals surface area contributed by atoms with E-state index in [0.29, 0.717) is 30.2 Å². The number of fused-ring (bicyclic) bond motifs is 1. The molecule has 2 N–H and O–H groups in total. The lowest BCUT2D eigenvalue weighted by atomic mass is 10.1. The second-order valence-electron chi connectivity index (χ2n) is 6.87. The average molecular weight is 417 g/mol. The number of H-pyrrole nitrogens is 1. The Hall–Kier alpha value is -3.84. The Morgan fingerprint density at radius 2 is 1.90 bits per heavy atom. The van der Waals surface area contributed by atoms with Gasteiger partial charge in [0.1, 0.15) is 23.8 Å². The highest BCUT2D eigenvalue weighted by Gasteiger charge is 2.13. The molecule has 4 rings (SSSR count). The monoisotopic (exact) mass is 417 g/mol. The number of aromatic nitrogens is 2. The van der Waals surface area contributed by atoms with Crippen molar-refractivity contribution >= 4 is 22.6 Å². The summed E-state index contributed by atoms with van der Waals surface area (Å²) in [4.78, 5) is 20.4. The van der Waals surface area contributed by atoms with E-state index in [2.05, 4.69) is 15.3 Å². The molecule has 0 unspecified atom stereocenters. The Balaban J connectivity index is 1.55. The molecule has 0 bridgehead atoms. The Labute approximate surface area is 180 Å². The molecule has 0 atom stereocenters. The summed E-state index contributed by atoms with van der Waals surface area (Å²) in [7, 11) is 3.18. The number of benzene rings is 2. The molecule has 7 heteroatoms. The highest BCUT2D eigenvalue weighted by molar-refractivity contribution is 6.06. The molecule has 0 aliphatic rings. The maximum absolute atomic E-state index is 12.7. The zero-order chi connectivity index (χ0) is 21.6. The molecule has 0 aliphatic heterocycles. The summed E-state index contributed by atoms with van der Waals surface area (Å²) in [6, 6.07) is 18.8. The molecule has 0 aliphatic carbocycles. The van der Waals surface area contributed by atoms with Crippen molar-refractivity contribution in [3.63, 3.8) is 0 Å². The van der Waals surface area contributed by atoms with Gasteiger partial charge in [0, 0.05) is 23.8 Å². The highest BCUT2D eigenvalue weighted by atomic mass is 16.5. The summed E-state index contributed by atoms with van der Waals surface area (Å²) >= 11 is 0. The van der Waals surface area contributed by atoms with Gasteiger partial charge in [0.2, 0.25) is 0 Å². The van der Waals surface area contributed by atoms with Crippen LogP contribution in [0.5, 0.6) is 11.5 Å². The van der Waals surface area contributed by atoms with E-state index in [4.69, 9.17) is 14.2 Å². The summed E-state index contributed by atoms with van der Waals surface area (Å²) in [5.74, 6) is 1.03. The van der Waals surface area contributed by atoms with E-state index in [-0.39, 0.29) is 5.91 Å². The second-order valence-corrected chi connectivity index (χ2v) is 6.87. The van der Waals surface area contributed by atoms with Crippen LogP contribution < -0.4 is 14.8 Å². The zero-order valence-corrected chi connectivity index (χ0v) is 17.3. The quantitative estimate of drug-likeness (QED) is 0.412. The number of carbonyl (C=O) groups is 1. The van der Waals surface area contributed by atoms with Gasteiger partial charge in [-0.1, -0.05) is 24.3 Å². The number of nitrogens with zero attached hydrogens (tertiary/aromatic N) is 1. The van der Waals surface area contributed by atoms with Crippen LogP contribution in [0.4, 0.5) is 5.69 Å². The first-order valence-corrected chi connectivity index (χ1v) is 9.83. The average Bonchev–Trinajstić information content (AvgIpc) is 3.23. The number of aromatic amines is 1. The molecule has 0 radical (unpaired) electrons. The number of anilines is 1. The van der Waals surface area contributed by atoms with Crippen LogP contribution >= 0.6 is 0 Å². The fraction of sp³-hybridized carbons (Fsp3) is 0.167. The lowest BCUT2D eigenvalue weighted by molar-refractivity contribution is 0.102. The topological polar surface area (TPSA) is 85.5 Å². The van der Waals surface area contributed by atoms with E-state index in [9.17, 15) is 4.79 Å². The van der Waals surface area contributed by atoms with Crippen molar-refractivity contribution < 1.29 is 19.0 Å². The van der Waals surface area contributed by atoms with Crippen LogP contribution in [0.3, 0.4) is 0 Å². The number of carbonyl (C=O) groups excluding carboxylic acids is 1. The van der Waals surface area contributed by atoms with Crippen LogP contribution in [0.25, 0.3) is 22.3 Å².